The maximum atomic E-state index is 5.38. The molecule has 94 valence electrons. The molecule has 0 amide bonds. The lowest BCUT2D eigenvalue weighted by atomic mass is 10.3. The number of hydrogen-bond acceptors (Lipinski definition) is 3. The highest BCUT2D eigenvalue weighted by atomic mass is 32.1. The van der Waals surface area contributed by atoms with E-state index in [0.29, 0.717) is 11.3 Å². The van der Waals surface area contributed by atoms with E-state index in [1.165, 1.54) is 0 Å². The molecule has 1 N–H and O–H groups in total. The van der Waals surface area contributed by atoms with Gasteiger partial charge in [-0.3, -0.25) is 9.25 Å². The largest absolute Gasteiger partial charge is 0.472 e. The van der Waals surface area contributed by atoms with E-state index >= 15 is 0 Å². The Morgan fingerprint density at radius 3 is 3.00 bits per heavy atom. The van der Waals surface area contributed by atoms with Crippen LogP contribution in [0, 0.1) is 4.77 Å². The van der Waals surface area contributed by atoms with Gasteiger partial charge < -0.3 is 9.40 Å². The van der Waals surface area contributed by atoms with Crippen molar-refractivity contribution in [2.45, 2.75) is 19.9 Å². The predicted molar refractivity (Wildman–Crippen MR) is 71.1 cm³/mol. The molecule has 0 aliphatic heterocycles. The van der Waals surface area contributed by atoms with Crippen LogP contribution in [0.2, 0.25) is 0 Å². The molecule has 3 rings (SSSR count). The Balaban J connectivity index is 2.19. The van der Waals surface area contributed by atoms with Gasteiger partial charge in [-0.25, -0.2) is 0 Å². The van der Waals surface area contributed by atoms with Crippen LogP contribution in [0.1, 0.15) is 18.2 Å². The first-order chi connectivity index (χ1) is 8.70. The second-order valence-corrected chi connectivity index (χ2v) is 4.66. The van der Waals surface area contributed by atoms with Crippen molar-refractivity contribution in [3.8, 4) is 0 Å². The number of nitrogens with one attached hydrogen (secondary N) is 1. The van der Waals surface area contributed by atoms with Crippen molar-refractivity contribution in [2.24, 2.45) is 7.05 Å². The van der Waals surface area contributed by atoms with Crippen molar-refractivity contribution in [1.29, 1.82) is 0 Å². The maximum absolute atomic E-state index is 5.38. The first-order valence-corrected chi connectivity index (χ1v) is 6.27. The number of aryl methyl sites for hydroxylation is 2. The second-order valence-electron chi connectivity index (χ2n) is 4.27. The number of furan rings is 1. The van der Waals surface area contributed by atoms with Crippen LogP contribution in [-0.2, 0) is 20.0 Å². The quantitative estimate of drug-likeness (QED) is 0.738. The van der Waals surface area contributed by atoms with Gasteiger partial charge in [0.25, 0.3) is 0 Å². The molecule has 0 saturated heterocycles. The Morgan fingerprint density at radius 2 is 2.33 bits per heavy atom. The molecule has 5 nitrogen and oxygen atoms in total. The summed E-state index contributed by atoms with van der Waals surface area (Å²) in [5.74, 6) is 0. The van der Waals surface area contributed by atoms with Gasteiger partial charge >= 0.3 is 0 Å². The van der Waals surface area contributed by atoms with Crippen LogP contribution in [-0.4, -0.2) is 19.3 Å². The third-order valence-electron chi connectivity index (χ3n) is 3.08. The zero-order valence-electron chi connectivity index (χ0n) is 10.3. The third kappa shape index (κ3) is 1.60. The first kappa shape index (κ1) is 11.3. The number of imidazole rings is 1. The van der Waals surface area contributed by atoms with E-state index in [1.54, 1.807) is 12.5 Å². The van der Waals surface area contributed by atoms with Crippen LogP contribution < -0.4 is 0 Å². The number of rotatable bonds is 3. The number of aromatic nitrogens is 4. The van der Waals surface area contributed by atoms with Crippen LogP contribution in [0.4, 0.5) is 0 Å². The van der Waals surface area contributed by atoms with E-state index in [9.17, 15) is 0 Å². The molecule has 6 heteroatoms. The third-order valence-corrected chi connectivity index (χ3v) is 3.40. The van der Waals surface area contributed by atoms with Gasteiger partial charge in [0, 0.05) is 12.6 Å². The Hall–Kier alpha value is -1.82. The molecule has 18 heavy (non-hydrogen) atoms. The highest BCUT2D eigenvalue weighted by molar-refractivity contribution is 7.71. The van der Waals surface area contributed by atoms with Gasteiger partial charge in [-0.2, -0.15) is 5.10 Å². The van der Waals surface area contributed by atoms with E-state index in [4.69, 9.17) is 16.6 Å². The van der Waals surface area contributed by atoms with Crippen molar-refractivity contribution in [1.82, 2.24) is 19.3 Å². The summed E-state index contributed by atoms with van der Waals surface area (Å²) in [7, 11) is 1.94. The van der Waals surface area contributed by atoms with Crippen molar-refractivity contribution in [3.63, 3.8) is 0 Å². The molecule has 3 aromatic heterocycles. The maximum Gasteiger partial charge on any atom is 0.179 e. The number of nitrogens with zero attached hydrogens (tertiary/aromatic N) is 3. The topological polar surface area (TPSA) is 51.7 Å². The Kier molecular flexibility index (Phi) is 2.59. The fourth-order valence-corrected chi connectivity index (χ4v) is 2.49. The summed E-state index contributed by atoms with van der Waals surface area (Å²) in [6, 6.07) is 1.94. The lowest BCUT2D eigenvalue weighted by molar-refractivity contribution is 0.562. The van der Waals surface area contributed by atoms with Gasteiger partial charge in [-0.05, 0) is 24.7 Å². The summed E-state index contributed by atoms with van der Waals surface area (Å²) in [4.78, 5) is 3.24. The minimum atomic E-state index is 0.692. The molecular weight excluding hydrogens is 248 g/mol. The predicted octanol–water partition coefficient (Wildman–Crippen LogP) is 2.64. The smallest absolute Gasteiger partial charge is 0.179 e. The van der Waals surface area contributed by atoms with Crippen molar-refractivity contribution in [3.05, 3.63) is 34.6 Å². The van der Waals surface area contributed by atoms with Crippen molar-refractivity contribution in [2.75, 3.05) is 0 Å². The van der Waals surface area contributed by atoms with Gasteiger partial charge in [-0.1, -0.05) is 6.92 Å². The Bertz CT molecular complexity index is 732. The van der Waals surface area contributed by atoms with Gasteiger partial charge in [0.15, 0.2) is 10.4 Å². The molecule has 0 aliphatic carbocycles. The zero-order chi connectivity index (χ0) is 12.7. The highest BCUT2D eigenvalue weighted by Gasteiger charge is 2.14. The second kappa shape index (κ2) is 4.13. The van der Waals surface area contributed by atoms with Crippen LogP contribution >= 0.6 is 12.2 Å². The normalized spacial score (nSPS) is 11.4. The molecule has 3 heterocycles. The van der Waals surface area contributed by atoms with E-state index in [2.05, 4.69) is 17.0 Å². The Morgan fingerprint density at radius 1 is 1.50 bits per heavy atom. The molecule has 0 spiro atoms. The lowest BCUT2D eigenvalue weighted by Gasteiger charge is -2.02. The highest BCUT2D eigenvalue weighted by Crippen LogP contribution is 2.19. The van der Waals surface area contributed by atoms with E-state index in [-0.39, 0.29) is 0 Å². The molecule has 3 aromatic rings. The molecule has 0 fully saturated rings. The minimum absolute atomic E-state index is 0.692. The van der Waals surface area contributed by atoms with Gasteiger partial charge in [0.05, 0.1) is 24.8 Å². The molecule has 0 unspecified atom stereocenters. The molecule has 0 bridgehead atoms. The Labute approximate surface area is 109 Å². The lowest BCUT2D eigenvalue weighted by Crippen LogP contribution is -2.03. The average molecular weight is 262 g/mol. The van der Waals surface area contributed by atoms with E-state index in [1.807, 2.05) is 22.4 Å². The van der Waals surface area contributed by atoms with Crippen LogP contribution in [0.15, 0.2) is 23.0 Å². The van der Waals surface area contributed by atoms with E-state index < -0.39 is 0 Å². The number of aromatic amines is 1. The summed E-state index contributed by atoms with van der Waals surface area (Å²) in [5.41, 5.74) is 4.20. The molecule has 0 atom stereocenters. The molecule has 0 aliphatic rings. The standard InChI is InChI=1S/C12H14N4OS/c1-3-9-10-11(15(2)14-9)16(12(18)13-10)6-8-4-5-17-7-8/h4-5,7H,3,6H2,1-2H3,(H,13,18). The first-order valence-electron chi connectivity index (χ1n) is 5.86. The average Bonchev–Trinajstić information content (AvgIpc) is 3.01. The molecular formula is C12H14N4OS. The number of H-pyrrole nitrogens is 1. The summed E-state index contributed by atoms with van der Waals surface area (Å²) >= 11 is 5.38. The minimum Gasteiger partial charge on any atom is -0.472 e. The monoisotopic (exact) mass is 262 g/mol. The van der Waals surface area contributed by atoms with Gasteiger partial charge in [0.2, 0.25) is 0 Å². The molecule has 0 radical (unpaired) electrons. The SMILES string of the molecule is CCc1nn(C)c2c1[nH]c(=S)n2Cc1ccoc1. The van der Waals surface area contributed by atoms with E-state index in [0.717, 1.165) is 28.8 Å². The van der Waals surface area contributed by atoms with Crippen LogP contribution in [0.25, 0.3) is 11.2 Å². The zero-order valence-corrected chi connectivity index (χ0v) is 11.1. The van der Waals surface area contributed by atoms with Crippen molar-refractivity contribution >= 4 is 23.4 Å². The summed E-state index contributed by atoms with van der Waals surface area (Å²) < 4.78 is 9.73. The van der Waals surface area contributed by atoms with Gasteiger partial charge in [-0.15, -0.1) is 0 Å². The fourth-order valence-electron chi connectivity index (χ4n) is 2.24. The summed E-state index contributed by atoms with van der Waals surface area (Å²) in [5, 5.41) is 4.49. The fraction of sp³-hybridized carbons (Fsp3) is 0.333. The van der Waals surface area contributed by atoms with Crippen molar-refractivity contribution < 1.29 is 4.42 Å². The summed E-state index contributed by atoms with van der Waals surface area (Å²) in [6.45, 7) is 2.78. The van der Waals surface area contributed by atoms with Crippen LogP contribution in [0.3, 0.4) is 0 Å². The van der Waals surface area contributed by atoms with Gasteiger partial charge in [0.1, 0.15) is 5.52 Å². The number of fused-ring (bicyclic) bond motifs is 1. The summed E-state index contributed by atoms with van der Waals surface area (Å²) in [6.07, 6.45) is 4.29. The molecule has 0 saturated carbocycles. The number of hydrogen-bond donors (Lipinski definition) is 1. The van der Waals surface area contributed by atoms with Crippen LogP contribution in [0.5, 0.6) is 0 Å². The molecule has 0 aromatic carbocycles.